The van der Waals surface area contributed by atoms with Crippen molar-refractivity contribution in [3.63, 3.8) is 0 Å². The fourth-order valence-electron chi connectivity index (χ4n) is 2.26. The maximum absolute atomic E-state index is 4.78. The van der Waals surface area contributed by atoms with Crippen molar-refractivity contribution >= 4 is 11.8 Å². The molecule has 1 aromatic heterocycles. The van der Waals surface area contributed by atoms with Crippen LogP contribution in [-0.4, -0.2) is 28.3 Å². The molecule has 3 nitrogen and oxygen atoms in total. The second-order valence-corrected chi connectivity index (χ2v) is 6.49. The molecule has 0 bridgehead atoms. The average molecular weight is 295 g/mol. The van der Waals surface area contributed by atoms with Crippen LogP contribution < -0.4 is 5.32 Å². The molecule has 0 saturated heterocycles. The Balaban J connectivity index is 2.90. The first-order valence-electron chi connectivity index (χ1n) is 7.80. The first-order chi connectivity index (χ1) is 9.62. The van der Waals surface area contributed by atoms with Crippen molar-refractivity contribution in [1.82, 2.24) is 15.3 Å². The summed E-state index contributed by atoms with van der Waals surface area (Å²) in [5.74, 6) is 3.05. The largest absolute Gasteiger partial charge is 0.314 e. The highest BCUT2D eigenvalue weighted by molar-refractivity contribution is 7.98. The zero-order chi connectivity index (χ0) is 15.0. The lowest BCUT2D eigenvalue weighted by Crippen LogP contribution is -2.26. The van der Waals surface area contributed by atoms with Crippen LogP contribution in [0.1, 0.15) is 57.4 Å². The molecule has 0 saturated carbocycles. The van der Waals surface area contributed by atoms with Crippen LogP contribution in [0.3, 0.4) is 0 Å². The monoisotopic (exact) mass is 295 g/mol. The third-order valence-electron chi connectivity index (χ3n) is 3.26. The van der Waals surface area contributed by atoms with Crippen molar-refractivity contribution < 1.29 is 0 Å². The number of aryl methyl sites for hydroxylation is 2. The van der Waals surface area contributed by atoms with Gasteiger partial charge in [0.05, 0.1) is 5.75 Å². The molecule has 0 fully saturated rings. The van der Waals surface area contributed by atoms with Gasteiger partial charge < -0.3 is 5.32 Å². The Morgan fingerprint density at radius 3 is 2.10 bits per heavy atom. The van der Waals surface area contributed by atoms with E-state index in [1.165, 1.54) is 17.0 Å². The summed E-state index contributed by atoms with van der Waals surface area (Å²) in [6.07, 6.45) is 3.03. The van der Waals surface area contributed by atoms with E-state index in [0.717, 1.165) is 43.1 Å². The minimum absolute atomic E-state index is 0.534. The second kappa shape index (κ2) is 9.35. The molecule has 1 aromatic rings. The van der Waals surface area contributed by atoms with E-state index in [9.17, 15) is 0 Å². The number of nitrogens with zero attached hydrogens (tertiary/aromatic N) is 2. The molecular weight excluding hydrogens is 266 g/mol. The summed E-state index contributed by atoms with van der Waals surface area (Å²) in [7, 11) is 0. The van der Waals surface area contributed by atoms with E-state index in [-0.39, 0.29) is 0 Å². The molecule has 4 heteroatoms. The molecule has 0 aliphatic rings. The first kappa shape index (κ1) is 17.4. The van der Waals surface area contributed by atoms with E-state index in [0.29, 0.717) is 6.04 Å². The maximum atomic E-state index is 4.78. The van der Waals surface area contributed by atoms with E-state index < -0.39 is 0 Å². The van der Waals surface area contributed by atoms with Crippen molar-refractivity contribution in [2.24, 2.45) is 0 Å². The molecular formula is C16H29N3S. The summed E-state index contributed by atoms with van der Waals surface area (Å²) >= 11 is 1.89. The van der Waals surface area contributed by atoms with E-state index in [1.54, 1.807) is 0 Å². The summed E-state index contributed by atoms with van der Waals surface area (Å²) < 4.78 is 0. The minimum atomic E-state index is 0.534. The second-order valence-electron chi connectivity index (χ2n) is 5.21. The van der Waals surface area contributed by atoms with E-state index in [2.05, 4.69) is 39.9 Å². The van der Waals surface area contributed by atoms with Gasteiger partial charge in [-0.25, -0.2) is 9.97 Å². The topological polar surface area (TPSA) is 37.8 Å². The molecule has 114 valence electrons. The van der Waals surface area contributed by atoms with Crippen LogP contribution in [0.15, 0.2) is 0 Å². The van der Waals surface area contributed by atoms with E-state index in [4.69, 9.17) is 9.97 Å². The zero-order valence-corrected chi connectivity index (χ0v) is 14.4. The molecule has 0 unspecified atom stereocenters. The SMILES string of the molecule is CCSCc1nc(CC)c(CCNC(C)C)c(CC)n1. The quantitative estimate of drug-likeness (QED) is 0.758. The van der Waals surface area contributed by atoms with Crippen LogP contribution in [-0.2, 0) is 25.0 Å². The fourth-order valence-corrected chi connectivity index (χ4v) is 2.77. The summed E-state index contributed by atoms with van der Waals surface area (Å²) in [5.41, 5.74) is 3.86. The van der Waals surface area contributed by atoms with Gasteiger partial charge in [0.25, 0.3) is 0 Å². The predicted molar refractivity (Wildman–Crippen MR) is 89.5 cm³/mol. The molecule has 1 N–H and O–H groups in total. The Morgan fingerprint density at radius 1 is 1.05 bits per heavy atom. The maximum Gasteiger partial charge on any atom is 0.138 e. The highest BCUT2D eigenvalue weighted by atomic mass is 32.2. The summed E-state index contributed by atoms with van der Waals surface area (Å²) in [6.45, 7) is 11.9. The van der Waals surface area contributed by atoms with Gasteiger partial charge in [-0.05, 0) is 37.1 Å². The summed E-state index contributed by atoms with van der Waals surface area (Å²) in [6, 6.07) is 0.534. The van der Waals surface area contributed by atoms with Gasteiger partial charge in [0.1, 0.15) is 5.82 Å². The molecule has 0 atom stereocenters. The third-order valence-corrected chi connectivity index (χ3v) is 4.13. The molecule has 0 spiro atoms. The number of aromatic nitrogens is 2. The Hall–Kier alpha value is -0.610. The van der Waals surface area contributed by atoms with Crippen LogP contribution in [0, 0.1) is 0 Å². The standard InChI is InChI=1S/C16H29N3S/c1-6-14-13(9-10-17-12(4)5)15(7-2)19-16(18-14)11-20-8-3/h12,17H,6-11H2,1-5H3. The van der Waals surface area contributed by atoms with Crippen molar-refractivity contribution in [3.8, 4) is 0 Å². The van der Waals surface area contributed by atoms with Gasteiger partial charge >= 0.3 is 0 Å². The Labute approximate surface area is 128 Å². The number of thioether (sulfide) groups is 1. The van der Waals surface area contributed by atoms with Crippen molar-refractivity contribution in [3.05, 3.63) is 22.8 Å². The number of hydrogen-bond donors (Lipinski definition) is 1. The first-order valence-corrected chi connectivity index (χ1v) is 8.96. The van der Waals surface area contributed by atoms with Gasteiger partial charge in [-0.15, -0.1) is 0 Å². The predicted octanol–water partition coefficient (Wildman–Crippen LogP) is 3.40. The third kappa shape index (κ3) is 5.41. The van der Waals surface area contributed by atoms with Crippen LogP contribution in [0.2, 0.25) is 0 Å². The van der Waals surface area contributed by atoms with Crippen LogP contribution in [0.5, 0.6) is 0 Å². The van der Waals surface area contributed by atoms with Gasteiger partial charge in [0.2, 0.25) is 0 Å². The van der Waals surface area contributed by atoms with Crippen molar-refractivity contribution in [2.75, 3.05) is 12.3 Å². The lowest BCUT2D eigenvalue weighted by atomic mass is 10.0. The smallest absolute Gasteiger partial charge is 0.138 e. The van der Waals surface area contributed by atoms with Gasteiger partial charge in [-0.1, -0.05) is 34.6 Å². The van der Waals surface area contributed by atoms with Crippen LogP contribution in [0.4, 0.5) is 0 Å². The number of hydrogen-bond acceptors (Lipinski definition) is 4. The molecule has 0 aromatic carbocycles. The minimum Gasteiger partial charge on any atom is -0.314 e. The number of rotatable bonds is 9. The Morgan fingerprint density at radius 2 is 1.65 bits per heavy atom. The summed E-state index contributed by atoms with van der Waals surface area (Å²) in [4.78, 5) is 9.55. The van der Waals surface area contributed by atoms with Gasteiger partial charge in [0.15, 0.2) is 0 Å². The molecule has 20 heavy (non-hydrogen) atoms. The van der Waals surface area contributed by atoms with Crippen molar-refractivity contribution in [2.45, 2.75) is 65.7 Å². The Kier molecular flexibility index (Phi) is 8.15. The van der Waals surface area contributed by atoms with Crippen LogP contribution >= 0.6 is 11.8 Å². The Bertz CT molecular complexity index is 380. The molecule has 1 rings (SSSR count). The molecule has 0 aliphatic carbocycles. The van der Waals surface area contributed by atoms with Gasteiger partial charge in [-0.2, -0.15) is 11.8 Å². The van der Waals surface area contributed by atoms with Crippen LogP contribution in [0.25, 0.3) is 0 Å². The zero-order valence-electron chi connectivity index (χ0n) is 13.6. The van der Waals surface area contributed by atoms with Crippen molar-refractivity contribution in [1.29, 1.82) is 0 Å². The molecule has 1 heterocycles. The average Bonchev–Trinajstić information content (AvgIpc) is 2.44. The van der Waals surface area contributed by atoms with E-state index in [1.807, 2.05) is 11.8 Å². The molecule has 0 radical (unpaired) electrons. The van der Waals surface area contributed by atoms with Gasteiger partial charge in [-0.3, -0.25) is 0 Å². The molecule has 0 aliphatic heterocycles. The molecule has 0 amide bonds. The van der Waals surface area contributed by atoms with E-state index >= 15 is 0 Å². The fraction of sp³-hybridized carbons (Fsp3) is 0.750. The summed E-state index contributed by atoms with van der Waals surface area (Å²) in [5, 5.41) is 3.49. The van der Waals surface area contributed by atoms with Gasteiger partial charge in [0, 0.05) is 17.4 Å². The normalized spacial score (nSPS) is 11.3. The number of nitrogens with one attached hydrogen (secondary N) is 1. The lowest BCUT2D eigenvalue weighted by Gasteiger charge is -2.15. The highest BCUT2D eigenvalue weighted by Gasteiger charge is 2.12. The lowest BCUT2D eigenvalue weighted by molar-refractivity contribution is 0.586. The highest BCUT2D eigenvalue weighted by Crippen LogP contribution is 2.17.